The fourth-order valence-electron chi connectivity index (χ4n) is 3.20. The second-order valence-electron chi connectivity index (χ2n) is 9.06. The van der Waals surface area contributed by atoms with Crippen molar-refractivity contribution in [2.45, 2.75) is 72.3 Å². The molecule has 1 aromatic carbocycles. The zero-order chi connectivity index (χ0) is 20.7. The Morgan fingerprint density at radius 3 is 1.85 bits per heavy atom. The van der Waals surface area contributed by atoms with Crippen LogP contribution in [0.15, 0.2) is 18.2 Å². The molecule has 1 heterocycles. The van der Waals surface area contributed by atoms with Crippen molar-refractivity contribution in [1.29, 1.82) is 0 Å². The molecule has 2 rings (SSSR count). The van der Waals surface area contributed by atoms with Gasteiger partial charge >= 0.3 is 0 Å². The van der Waals surface area contributed by atoms with E-state index in [4.69, 9.17) is 23.2 Å². The first-order valence-electron chi connectivity index (χ1n) is 9.22. The van der Waals surface area contributed by atoms with Crippen molar-refractivity contribution in [1.82, 2.24) is 4.57 Å². The van der Waals surface area contributed by atoms with E-state index in [1.165, 1.54) is 0 Å². The number of aromatic hydroxyl groups is 1. The molecule has 0 bridgehead atoms. The van der Waals surface area contributed by atoms with E-state index >= 15 is 0 Å². The van der Waals surface area contributed by atoms with Crippen molar-refractivity contribution in [3.05, 3.63) is 50.8 Å². The average Bonchev–Trinajstić information content (AvgIpc) is 2.80. The number of hydrogen-bond acceptors (Lipinski definition) is 2. The summed E-state index contributed by atoms with van der Waals surface area (Å²) in [6, 6.07) is 5.48. The van der Waals surface area contributed by atoms with E-state index in [2.05, 4.69) is 41.5 Å². The topological polar surface area (TPSA) is 42.2 Å². The highest BCUT2D eigenvalue weighted by atomic mass is 35.5. The first-order valence-corrected chi connectivity index (χ1v) is 9.97. The number of aromatic nitrogens is 1. The van der Waals surface area contributed by atoms with E-state index < -0.39 is 0 Å². The van der Waals surface area contributed by atoms with Crippen molar-refractivity contribution in [3.8, 4) is 5.75 Å². The molecule has 148 valence electrons. The number of carbonyl (C=O) groups is 1. The van der Waals surface area contributed by atoms with E-state index in [-0.39, 0.29) is 23.0 Å². The molecule has 0 aliphatic heterocycles. The van der Waals surface area contributed by atoms with Gasteiger partial charge in [-0.15, -0.1) is 0 Å². The van der Waals surface area contributed by atoms with Crippen LogP contribution >= 0.6 is 23.2 Å². The molecule has 1 N–H and O–H groups in total. The van der Waals surface area contributed by atoms with Crippen LogP contribution in [0.5, 0.6) is 5.75 Å². The van der Waals surface area contributed by atoms with E-state index in [0.717, 1.165) is 16.7 Å². The summed E-state index contributed by atoms with van der Waals surface area (Å²) in [6.45, 7) is 14.9. The number of nitrogens with zero attached hydrogens (tertiary/aromatic N) is 1. The Morgan fingerprint density at radius 2 is 1.48 bits per heavy atom. The molecule has 2 aromatic rings. The second-order valence-corrected chi connectivity index (χ2v) is 9.80. The molecule has 0 unspecified atom stereocenters. The van der Waals surface area contributed by atoms with Gasteiger partial charge < -0.3 is 9.67 Å². The number of benzene rings is 1. The predicted octanol–water partition coefficient (Wildman–Crippen LogP) is 6.54. The highest BCUT2D eigenvalue weighted by Crippen LogP contribution is 2.40. The molecule has 0 aliphatic carbocycles. The van der Waals surface area contributed by atoms with Crippen molar-refractivity contribution < 1.29 is 9.90 Å². The van der Waals surface area contributed by atoms with Crippen molar-refractivity contribution in [2.24, 2.45) is 0 Å². The summed E-state index contributed by atoms with van der Waals surface area (Å²) in [6.07, 6.45) is 0.205. The van der Waals surface area contributed by atoms with Crippen LogP contribution in [0.1, 0.15) is 75.5 Å². The predicted molar refractivity (Wildman–Crippen MR) is 114 cm³/mol. The second kappa shape index (κ2) is 7.52. The Balaban J connectivity index is 2.52. The molecule has 0 amide bonds. The summed E-state index contributed by atoms with van der Waals surface area (Å²) >= 11 is 12.5. The van der Waals surface area contributed by atoms with Gasteiger partial charge in [-0.3, -0.25) is 4.79 Å². The molecule has 0 radical (unpaired) electrons. The van der Waals surface area contributed by atoms with E-state index in [0.29, 0.717) is 28.2 Å². The van der Waals surface area contributed by atoms with Crippen LogP contribution in [0.2, 0.25) is 10.3 Å². The molecule has 0 atom stereocenters. The quantitative estimate of drug-likeness (QED) is 0.582. The first kappa shape index (κ1) is 21.8. The maximum Gasteiger partial charge on any atom is 0.170 e. The number of halogens is 2. The molecule has 3 nitrogen and oxygen atoms in total. The average molecular weight is 410 g/mol. The standard InChI is InChI=1S/C22H29Cl2NO2/c1-8-25-18(23)12-14(20(25)24)17(26)11-13-9-15(21(2,3)4)19(27)16(10-13)22(5,6)7/h9-10,12,27H,8,11H2,1-7H3. The Labute approximate surface area is 172 Å². The van der Waals surface area contributed by atoms with Gasteiger partial charge in [-0.25, -0.2) is 0 Å². The summed E-state index contributed by atoms with van der Waals surface area (Å²) in [5, 5.41) is 11.7. The lowest BCUT2D eigenvalue weighted by molar-refractivity contribution is 0.0993. The fraction of sp³-hybridized carbons (Fsp3) is 0.500. The van der Waals surface area contributed by atoms with Gasteiger partial charge in [0, 0.05) is 13.0 Å². The van der Waals surface area contributed by atoms with Crippen LogP contribution in [0.4, 0.5) is 0 Å². The monoisotopic (exact) mass is 409 g/mol. The number of carbonyl (C=O) groups excluding carboxylic acids is 1. The van der Waals surface area contributed by atoms with Crippen molar-refractivity contribution in [2.75, 3.05) is 0 Å². The van der Waals surface area contributed by atoms with Crippen LogP contribution in [0, 0.1) is 0 Å². The lowest BCUT2D eigenvalue weighted by Gasteiger charge is -2.28. The minimum Gasteiger partial charge on any atom is -0.507 e. The Hall–Kier alpha value is -1.45. The normalized spacial score (nSPS) is 12.5. The molecule has 0 fully saturated rings. The highest BCUT2D eigenvalue weighted by molar-refractivity contribution is 6.36. The van der Waals surface area contributed by atoms with Gasteiger partial charge in [0.2, 0.25) is 0 Å². The number of phenols is 1. The number of phenolic OH excluding ortho intramolecular Hbond substituents is 1. The highest BCUT2D eigenvalue weighted by Gasteiger charge is 2.27. The lowest BCUT2D eigenvalue weighted by atomic mass is 9.78. The largest absolute Gasteiger partial charge is 0.507 e. The smallest absolute Gasteiger partial charge is 0.170 e. The molecule has 0 saturated carbocycles. The Kier molecular flexibility index (Phi) is 6.08. The van der Waals surface area contributed by atoms with Crippen molar-refractivity contribution >= 4 is 29.0 Å². The van der Waals surface area contributed by atoms with Gasteiger partial charge in [-0.2, -0.15) is 0 Å². The number of ketones is 1. The van der Waals surface area contributed by atoms with Crippen LogP contribution in [0.25, 0.3) is 0 Å². The number of rotatable bonds is 4. The third-order valence-electron chi connectivity index (χ3n) is 4.75. The minimum atomic E-state index is -0.240. The third-order valence-corrected chi connectivity index (χ3v) is 5.47. The molecular weight excluding hydrogens is 381 g/mol. The van der Waals surface area contributed by atoms with E-state index in [1.54, 1.807) is 10.6 Å². The third kappa shape index (κ3) is 4.52. The molecule has 0 saturated heterocycles. The first-order chi connectivity index (χ1) is 12.3. The SMILES string of the molecule is CCn1c(Cl)cc(C(=O)Cc2cc(C(C)(C)C)c(O)c(C(C)(C)C)c2)c1Cl. The fourth-order valence-corrected chi connectivity index (χ4v) is 3.93. The summed E-state index contributed by atoms with van der Waals surface area (Å²) in [5.74, 6) is 0.226. The summed E-state index contributed by atoms with van der Waals surface area (Å²) in [5.41, 5.74) is 2.50. The molecular formula is C22H29Cl2NO2. The maximum atomic E-state index is 12.9. The summed E-state index contributed by atoms with van der Waals surface area (Å²) < 4.78 is 1.70. The van der Waals surface area contributed by atoms with Crippen molar-refractivity contribution in [3.63, 3.8) is 0 Å². The van der Waals surface area contributed by atoms with Gasteiger partial charge in [0.25, 0.3) is 0 Å². The maximum absolute atomic E-state index is 12.9. The Morgan fingerprint density at radius 1 is 1.00 bits per heavy atom. The summed E-state index contributed by atoms with van der Waals surface area (Å²) in [4.78, 5) is 12.9. The summed E-state index contributed by atoms with van der Waals surface area (Å²) in [7, 11) is 0. The van der Waals surface area contributed by atoms with E-state index in [1.807, 2.05) is 19.1 Å². The molecule has 0 spiro atoms. The zero-order valence-electron chi connectivity index (χ0n) is 17.2. The van der Waals surface area contributed by atoms with Gasteiger partial charge in [-0.05, 0) is 40.5 Å². The van der Waals surface area contributed by atoms with Crippen LogP contribution in [-0.4, -0.2) is 15.5 Å². The van der Waals surface area contributed by atoms with Crippen LogP contribution < -0.4 is 0 Å². The van der Waals surface area contributed by atoms with Gasteiger partial charge in [-0.1, -0.05) is 76.9 Å². The molecule has 5 heteroatoms. The molecule has 27 heavy (non-hydrogen) atoms. The number of Topliss-reactive ketones (excluding diaryl/α,β-unsaturated/α-hetero) is 1. The Bertz CT molecular complexity index is 833. The van der Waals surface area contributed by atoms with Gasteiger partial charge in [0.05, 0.1) is 5.56 Å². The van der Waals surface area contributed by atoms with E-state index in [9.17, 15) is 9.90 Å². The van der Waals surface area contributed by atoms with Gasteiger partial charge in [0.15, 0.2) is 5.78 Å². The molecule has 0 aliphatic rings. The minimum absolute atomic E-state index is 0.0838. The zero-order valence-corrected chi connectivity index (χ0v) is 18.7. The van der Waals surface area contributed by atoms with Crippen LogP contribution in [0.3, 0.4) is 0 Å². The lowest BCUT2D eigenvalue weighted by Crippen LogP contribution is -2.18. The number of hydrogen-bond donors (Lipinski definition) is 1. The molecule has 1 aromatic heterocycles. The van der Waals surface area contributed by atoms with Gasteiger partial charge in [0.1, 0.15) is 16.1 Å². The van der Waals surface area contributed by atoms with Crippen LogP contribution in [-0.2, 0) is 23.8 Å².